The number of benzene rings is 1. The zero-order valence-corrected chi connectivity index (χ0v) is 13.8. The van der Waals surface area contributed by atoms with E-state index in [1.807, 2.05) is 29.2 Å². The van der Waals surface area contributed by atoms with Crippen LogP contribution in [0.25, 0.3) is 0 Å². The van der Waals surface area contributed by atoms with Crippen molar-refractivity contribution < 1.29 is 4.79 Å². The van der Waals surface area contributed by atoms with Crippen molar-refractivity contribution in [3.05, 3.63) is 34.9 Å². The van der Waals surface area contributed by atoms with Crippen molar-refractivity contribution in [3.8, 4) is 0 Å². The number of unbranched alkanes of at least 4 members (excludes halogenated alkanes) is 2. The van der Waals surface area contributed by atoms with Gasteiger partial charge in [-0.15, -0.1) is 12.4 Å². The summed E-state index contributed by atoms with van der Waals surface area (Å²) in [5.41, 5.74) is 1.12. The van der Waals surface area contributed by atoms with Gasteiger partial charge >= 0.3 is 0 Å². The number of carbonyl (C=O) groups excluding carboxylic acids is 1. The van der Waals surface area contributed by atoms with Crippen molar-refractivity contribution in [1.29, 1.82) is 0 Å². The van der Waals surface area contributed by atoms with E-state index >= 15 is 0 Å². The molecule has 0 spiro atoms. The third kappa shape index (κ3) is 7.13. The Hall–Kier alpha value is -0.770. The van der Waals surface area contributed by atoms with Gasteiger partial charge in [0.25, 0.3) is 0 Å². The lowest BCUT2D eigenvalue weighted by molar-refractivity contribution is -0.130. The first-order valence-corrected chi connectivity index (χ1v) is 7.22. The molecule has 114 valence electrons. The van der Waals surface area contributed by atoms with Gasteiger partial charge in [-0.05, 0) is 31.2 Å². The van der Waals surface area contributed by atoms with E-state index in [9.17, 15) is 4.79 Å². The molecule has 20 heavy (non-hydrogen) atoms. The van der Waals surface area contributed by atoms with Gasteiger partial charge in [-0.25, -0.2) is 0 Å². The summed E-state index contributed by atoms with van der Waals surface area (Å²) < 4.78 is 0. The number of hydrogen-bond acceptors (Lipinski definition) is 2. The van der Waals surface area contributed by atoms with Crippen molar-refractivity contribution >= 4 is 29.9 Å². The van der Waals surface area contributed by atoms with Crippen LogP contribution >= 0.6 is 24.0 Å². The Balaban J connectivity index is 0.00000361. The van der Waals surface area contributed by atoms with Gasteiger partial charge in [-0.3, -0.25) is 4.79 Å². The minimum Gasteiger partial charge on any atom is -0.337 e. The molecule has 0 aliphatic heterocycles. The Labute approximate surface area is 133 Å². The van der Waals surface area contributed by atoms with Gasteiger partial charge in [0.15, 0.2) is 0 Å². The highest BCUT2D eigenvalue weighted by molar-refractivity contribution is 6.30. The number of nitrogens with zero attached hydrogens (tertiary/aromatic N) is 1. The number of hydrogen-bond donors (Lipinski definition) is 1. The SMILES string of the molecule is CCCCCN(Cc1ccc(Cl)cc1)C(=O)CNC.Cl. The Bertz CT molecular complexity index is 382. The highest BCUT2D eigenvalue weighted by Gasteiger charge is 2.12. The lowest BCUT2D eigenvalue weighted by atomic mass is 10.2. The van der Waals surface area contributed by atoms with Gasteiger partial charge in [0.2, 0.25) is 5.91 Å². The van der Waals surface area contributed by atoms with Crippen molar-refractivity contribution in [2.45, 2.75) is 32.7 Å². The minimum atomic E-state index is 0. The van der Waals surface area contributed by atoms with Gasteiger partial charge in [0, 0.05) is 18.1 Å². The fourth-order valence-corrected chi connectivity index (χ4v) is 2.04. The molecule has 0 atom stereocenters. The number of rotatable bonds is 8. The lowest BCUT2D eigenvalue weighted by Crippen LogP contribution is -2.37. The van der Waals surface area contributed by atoms with Crippen molar-refractivity contribution in [3.63, 3.8) is 0 Å². The quantitative estimate of drug-likeness (QED) is 0.744. The fourth-order valence-electron chi connectivity index (χ4n) is 1.92. The van der Waals surface area contributed by atoms with E-state index in [0.29, 0.717) is 13.1 Å². The van der Waals surface area contributed by atoms with Crippen molar-refractivity contribution in [2.75, 3.05) is 20.1 Å². The molecule has 0 aromatic heterocycles. The Kier molecular flexibility index (Phi) is 10.5. The summed E-state index contributed by atoms with van der Waals surface area (Å²) in [5.74, 6) is 0.147. The van der Waals surface area contributed by atoms with Crippen molar-refractivity contribution in [2.24, 2.45) is 0 Å². The summed E-state index contributed by atoms with van der Waals surface area (Å²) in [7, 11) is 1.80. The van der Waals surface area contributed by atoms with E-state index in [2.05, 4.69) is 12.2 Å². The second-order valence-electron chi connectivity index (χ2n) is 4.68. The van der Waals surface area contributed by atoms with Crippen LogP contribution in [-0.2, 0) is 11.3 Å². The van der Waals surface area contributed by atoms with E-state index in [-0.39, 0.29) is 18.3 Å². The van der Waals surface area contributed by atoms with E-state index in [1.165, 1.54) is 0 Å². The van der Waals surface area contributed by atoms with E-state index < -0.39 is 0 Å². The molecule has 0 radical (unpaired) electrons. The number of carbonyl (C=O) groups is 1. The molecule has 1 aromatic carbocycles. The normalized spacial score (nSPS) is 9.95. The van der Waals surface area contributed by atoms with E-state index in [1.54, 1.807) is 7.05 Å². The average Bonchev–Trinajstić information content (AvgIpc) is 2.40. The number of nitrogens with one attached hydrogen (secondary N) is 1. The fraction of sp³-hybridized carbons (Fsp3) is 0.533. The first kappa shape index (κ1) is 19.2. The minimum absolute atomic E-state index is 0. The van der Waals surface area contributed by atoms with Gasteiger partial charge in [-0.2, -0.15) is 0 Å². The van der Waals surface area contributed by atoms with Crippen LogP contribution in [0.2, 0.25) is 5.02 Å². The maximum absolute atomic E-state index is 12.0. The van der Waals surface area contributed by atoms with Crippen LogP contribution in [0.3, 0.4) is 0 Å². The van der Waals surface area contributed by atoms with Crippen LogP contribution < -0.4 is 5.32 Å². The maximum Gasteiger partial charge on any atom is 0.236 e. The molecule has 1 N–H and O–H groups in total. The molecule has 0 unspecified atom stereocenters. The first-order valence-electron chi connectivity index (χ1n) is 6.84. The summed E-state index contributed by atoms with van der Waals surface area (Å²) in [6.45, 7) is 4.02. The molecule has 0 aliphatic rings. The van der Waals surface area contributed by atoms with Crippen molar-refractivity contribution in [1.82, 2.24) is 10.2 Å². The Morgan fingerprint density at radius 3 is 2.45 bits per heavy atom. The highest BCUT2D eigenvalue weighted by atomic mass is 35.5. The maximum atomic E-state index is 12.0. The van der Waals surface area contributed by atoms with Crippen LogP contribution in [0.5, 0.6) is 0 Å². The van der Waals surface area contributed by atoms with Crippen LogP contribution in [-0.4, -0.2) is 30.9 Å². The highest BCUT2D eigenvalue weighted by Crippen LogP contribution is 2.12. The predicted molar refractivity (Wildman–Crippen MR) is 87.6 cm³/mol. The van der Waals surface area contributed by atoms with Crippen LogP contribution in [0, 0.1) is 0 Å². The average molecular weight is 319 g/mol. The number of likely N-dealkylation sites (N-methyl/N-ethyl adjacent to an activating group) is 1. The Morgan fingerprint density at radius 1 is 1.25 bits per heavy atom. The molecule has 1 aromatic rings. The zero-order chi connectivity index (χ0) is 14.1. The molecule has 0 saturated heterocycles. The summed E-state index contributed by atoms with van der Waals surface area (Å²) in [6, 6.07) is 7.68. The molecule has 5 heteroatoms. The van der Waals surface area contributed by atoms with Gasteiger partial charge in [0.05, 0.1) is 6.54 Å². The standard InChI is InChI=1S/C15H23ClN2O.ClH/c1-3-4-5-10-18(15(19)11-17-2)12-13-6-8-14(16)9-7-13;/h6-9,17H,3-5,10-12H2,1-2H3;1H. The van der Waals surface area contributed by atoms with Gasteiger partial charge in [0.1, 0.15) is 0 Å². The first-order chi connectivity index (χ1) is 9.17. The third-order valence-electron chi connectivity index (χ3n) is 3.00. The van der Waals surface area contributed by atoms with E-state index in [0.717, 1.165) is 36.4 Å². The third-order valence-corrected chi connectivity index (χ3v) is 3.25. The second-order valence-corrected chi connectivity index (χ2v) is 5.12. The number of amides is 1. The Morgan fingerprint density at radius 2 is 1.90 bits per heavy atom. The van der Waals surface area contributed by atoms with Crippen LogP contribution in [0.4, 0.5) is 0 Å². The molecule has 0 saturated carbocycles. The lowest BCUT2D eigenvalue weighted by Gasteiger charge is -2.23. The summed E-state index contributed by atoms with van der Waals surface area (Å²) in [6.07, 6.45) is 3.37. The number of halogens is 2. The summed E-state index contributed by atoms with van der Waals surface area (Å²) in [4.78, 5) is 14.0. The molecular formula is C15H24Cl2N2O. The molecule has 0 fully saturated rings. The molecule has 0 bridgehead atoms. The van der Waals surface area contributed by atoms with Gasteiger partial charge < -0.3 is 10.2 Å². The summed E-state index contributed by atoms with van der Waals surface area (Å²) in [5, 5.41) is 3.65. The predicted octanol–water partition coefficient (Wildman–Crippen LogP) is 3.50. The van der Waals surface area contributed by atoms with Crippen LogP contribution in [0.1, 0.15) is 31.7 Å². The second kappa shape index (κ2) is 11.0. The molecular weight excluding hydrogens is 295 g/mol. The summed E-state index contributed by atoms with van der Waals surface area (Å²) >= 11 is 5.87. The molecule has 1 rings (SSSR count). The van der Waals surface area contributed by atoms with Gasteiger partial charge in [-0.1, -0.05) is 43.5 Å². The topological polar surface area (TPSA) is 32.3 Å². The zero-order valence-electron chi connectivity index (χ0n) is 12.2. The van der Waals surface area contributed by atoms with Crippen LogP contribution in [0.15, 0.2) is 24.3 Å². The molecule has 3 nitrogen and oxygen atoms in total. The largest absolute Gasteiger partial charge is 0.337 e. The smallest absolute Gasteiger partial charge is 0.236 e. The molecule has 0 aliphatic carbocycles. The van der Waals surface area contributed by atoms with E-state index in [4.69, 9.17) is 11.6 Å². The monoisotopic (exact) mass is 318 g/mol. The molecule has 0 heterocycles. The molecule has 1 amide bonds.